The van der Waals surface area contributed by atoms with Crippen LogP contribution in [0.1, 0.15) is 90.2 Å². The molecule has 16 nitrogen and oxygen atoms in total. The van der Waals surface area contributed by atoms with Crippen LogP contribution in [0, 0.1) is 16.7 Å². The number of rotatable bonds is 10. The van der Waals surface area contributed by atoms with Crippen molar-refractivity contribution in [1.82, 2.24) is 5.32 Å². The quantitative estimate of drug-likeness (QED) is 0.153. The van der Waals surface area contributed by atoms with Crippen molar-refractivity contribution in [3.63, 3.8) is 0 Å². The number of nitrogens with one attached hydrogen (secondary N) is 1. The van der Waals surface area contributed by atoms with Gasteiger partial charge in [0.25, 0.3) is 0 Å². The Bertz CT molecular complexity index is 2050. The fourth-order valence-electron chi connectivity index (χ4n) is 9.74. The standard InChI is InChI=1S/C44H53NO15/c1-22(2)56-40(53)45-32(26-15-11-9-12-16-26)33(49)39(52)58-28-20-44(54)37(59-38(51)27-17-13-10-14-18-27)35-42(8,29(48)19-30-43(35,21-55-30)60-25(5)47)36(50)34(57-24(4)46)31(23(28)3)41(44,6)7/h9-18,22,28-30,32-35,37,48-49,54H,19-21H2,1-8H3,(H,45,53)/t28-,29-,30+,32-,33+,34+,35-,37-,42+,43-,44+/m0/s1. The molecule has 2 aromatic rings. The van der Waals surface area contributed by atoms with Gasteiger partial charge < -0.3 is 49.1 Å². The van der Waals surface area contributed by atoms with Gasteiger partial charge in [-0.15, -0.1) is 0 Å². The maximum Gasteiger partial charge on any atom is 0.407 e. The van der Waals surface area contributed by atoms with Gasteiger partial charge in [-0.05, 0) is 56.5 Å². The molecule has 0 aromatic heterocycles. The van der Waals surface area contributed by atoms with Crippen LogP contribution < -0.4 is 5.32 Å². The van der Waals surface area contributed by atoms with Crippen molar-refractivity contribution >= 4 is 35.8 Å². The van der Waals surface area contributed by atoms with Crippen LogP contribution in [-0.4, -0.2) is 112 Å². The van der Waals surface area contributed by atoms with Gasteiger partial charge in [-0.2, -0.15) is 0 Å². The summed E-state index contributed by atoms with van der Waals surface area (Å²) in [5.41, 5.74) is -7.35. The van der Waals surface area contributed by atoms with E-state index in [4.69, 9.17) is 28.4 Å². The summed E-state index contributed by atoms with van der Waals surface area (Å²) in [6.07, 6.45) is -12.0. The minimum absolute atomic E-state index is 0.0110. The number of aliphatic hydroxyl groups is 3. The first-order chi connectivity index (χ1) is 28.1. The number of esters is 4. The zero-order chi connectivity index (χ0) is 44.1. The summed E-state index contributed by atoms with van der Waals surface area (Å²) in [6, 6.07) is 14.5. The zero-order valence-corrected chi connectivity index (χ0v) is 34.8. The largest absolute Gasteiger partial charge is 0.456 e. The Morgan fingerprint density at radius 3 is 2.07 bits per heavy atom. The number of aliphatic hydroxyl groups excluding tert-OH is 2. The van der Waals surface area contributed by atoms with E-state index in [1.54, 1.807) is 76.2 Å². The number of carbonyl (C=O) groups excluding carboxylic acids is 6. The molecule has 0 unspecified atom stereocenters. The van der Waals surface area contributed by atoms with Crippen LogP contribution in [0.3, 0.4) is 0 Å². The van der Waals surface area contributed by atoms with Crippen molar-refractivity contribution in [3.8, 4) is 0 Å². The Kier molecular flexibility index (Phi) is 12.1. The first-order valence-electron chi connectivity index (χ1n) is 19.9. The molecule has 1 amide bonds. The van der Waals surface area contributed by atoms with E-state index in [9.17, 15) is 39.3 Å². The van der Waals surface area contributed by atoms with Crippen LogP contribution in [0.2, 0.25) is 0 Å². The summed E-state index contributed by atoms with van der Waals surface area (Å²) < 4.78 is 35.3. The number of hydrogen-bond donors (Lipinski definition) is 4. The van der Waals surface area contributed by atoms with Crippen LogP contribution in [0.25, 0.3) is 0 Å². The van der Waals surface area contributed by atoms with E-state index in [1.807, 2.05) is 0 Å². The molecule has 6 rings (SSSR count). The highest BCUT2D eigenvalue weighted by atomic mass is 16.6. The van der Waals surface area contributed by atoms with E-state index in [-0.39, 0.29) is 29.7 Å². The topological polar surface area (TPSA) is 231 Å². The van der Waals surface area contributed by atoms with Gasteiger partial charge in [0, 0.05) is 32.1 Å². The molecule has 4 aliphatic rings. The molecule has 11 atom stereocenters. The van der Waals surface area contributed by atoms with Crippen molar-refractivity contribution in [2.45, 2.75) is 128 Å². The molecular formula is C44H53NO15. The lowest BCUT2D eigenvalue weighted by molar-refractivity contribution is -0.346. The monoisotopic (exact) mass is 835 g/mol. The van der Waals surface area contributed by atoms with E-state index >= 15 is 4.79 Å². The maximum absolute atomic E-state index is 15.4. The molecule has 0 radical (unpaired) electrons. The molecule has 2 bridgehead atoms. The number of alkyl carbamates (subject to hydrolysis) is 1. The Hall–Kier alpha value is -5.16. The average Bonchev–Trinajstić information content (AvgIpc) is 3.17. The highest BCUT2D eigenvalue weighted by molar-refractivity contribution is 5.95. The molecule has 1 heterocycles. The highest BCUT2D eigenvalue weighted by Gasteiger charge is 2.78. The normalized spacial score (nSPS) is 32.6. The molecule has 2 saturated carbocycles. The van der Waals surface area contributed by atoms with E-state index in [0.29, 0.717) is 5.56 Å². The summed E-state index contributed by atoms with van der Waals surface area (Å²) in [5.74, 6) is -6.29. The molecule has 3 aliphatic carbocycles. The summed E-state index contributed by atoms with van der Waals surface area (Å²) in [5, 5.41) is 39.8. The molecule has 2 aromatic carbocycles. The van der Waals surface area contributed by atoms with Gasteiger partial charge in [-0.1, -0.05) is 62.4 Å². The highest BCUT2D eigenvalue weighted by Crippen LogP contribution is 2.64. The first kappa shape index (κ1) is 44.4. The Labute approximate surface area is 347 Å². The third kappa shape index (κ3) is 7.47. The van der Waals surface area contributed by atoms with E-state index in [0.717, 1.165) is 13.8 Å². The molecule has 1 saturated heterocycles. The second kappa shape index (κ2) is 16.4. The van der Waals surface area contributed by atoms with Crippen molar-refractivity contribution in [1.29, 1.82) is 0 Å². The summed E-state index contributed by atoms with van der Waals surface area (Å²) >= 11 is 0. The van der Waals surface area contributed by atoms with E-state index in [1.165, 1.54) is 26.0 Å². The predicted molar refractivity (Wildman–Crippen MR) is 209 cm³/mol. The molecule has 0 spiro atoms. The summed E-state index contributed by atoms with van der Waals surface area (Å²) in [4.78, 5) is 82.5. The Morgan fingerprint density at radius 1 is 0.900 bits per heavy atom. The third-order valence-electron chi connectivity index (χ3n) is 12.8. The Balaban J connectivity index is 1.54. The molecule has 3 fully saturated rings. The molecular weight excluding hydrogens is 782 g/mol. The zero-order valence-electron chi connectivity index (χ0n) is 34.8. The molecule has 60 heavy (non-hydrogen) atoms. The number of amides is 1. The van der Waals surface area contributed by atoms with Crippen molar-refractivity contribution in [3.05, 3.63) is 82.9 Å². The smallest absolute Gasteiger partial charge is 0.407 e. The second-order valence-corrected chi connectivity index (χ2v) is 17.1. The second-order valence-electron chi connectivity index (χ2n) is 17.1. The van der Waals surface area contributed by atoms with Gasteiger partial charge in [0.15, 0.2) is 23.6 Å². The number of ether oxygens (including phenoxy) is 6. The number of benzene rings is 2. The van der Waals surface area contributed by atoms with Crippen LogP contribution in [0.15, 0.2) is 71.8 Å². The van der Waals surface area contributed by atoms with Crippen LogP contribution in [0.5, 0.6) is 0 Å². The van der Waals surface area contributed by atoms with Gasteiger partial charge in [0.05, 0.1) is 41.8 Å². The maximum atomic E-state index is 15.4. The number of fused-ring (bicyclic) bond motifs is 5. The molecule has 1 aliphatic heterocycles. The molecule has 324 valence electrons. The fraction of sp³-hybridized carbons (Fsp3) is 0.545. The summed E-state index contributed by atoms with van der Waals surface area (Å²) in [7, 11) is 0. The minimum Gasteiger partial charge on any atom is -0.456 e. The van der Waals surface area contributed by atoms with Gasteiger partial charge in [0.1, 0.15) is 23.9 Å². The van der Waals surface area contributed by atoms with Gasteiger partial charge >= 0.3 is 30.0 Å². The lowest BCUT2D eigenvalue weighted by Gasteiger charge is -2.67. The van der Waals surface area contributed by atoms with Crippen LogP contribution >= 0.6 is 0 Å². The lowest BCUT2D eigenvalue weighted by atomic mass is 9.44. The van der Waals surface area contributed by atoms with E-state index < -0.39 is 119 Å². The molecule has 16 heteroatoms. The summed E-state index contributed by atoms with van der Waals surface area (Å²) in [6.45, 7) is 11.2. The van der Waals surface area contributed by atoms with E-state index in [2.05, 4.69) is 5.32 Å². The minimum atomic E-state index is -2.39. The number of carbonyl (C=O) groups is 6. The van der Waals surface area contributed by atoms with Crippen molar-refractivity contribution < 1.29 is 72.5 Å². The number of Topliss-reactive ketones (excluding diaryl/α,β-unsaturated/α-hetero) is 1. The van der Waals surface area contributed by atoms with Gasteiger partial charge in [-0.25, -0.2) is 14.4 Å². The van der Waals surface area contributed by atoms with Gasteiger partial charge in [-0.3, -0.25) is 14.4 Å². The predicted octanol–water partition coefficient (Wildman–Crippen LogP) is 3.44. The average molecular weight is 836 g/mol. The first-order valence-corrected chi connectivity index (χ1v) is 19.9. The van der Waals surface area contributed by atoms with Crippen molar-refractivity contribution in [2.75, 3.05) is 6.61 Å². The molecule has 4 N–H and O–H groups in total. The fourth-order valence-corrected chi connectivity index (χ4v) is 9.74. The Morgan fingerprint density at radius 2 is 1.52 bits per heavy atom. The van der Waals surface area contributed by atoms with Crippen LogP contribution in [0.4, 0.5) is 4.79 Å². The lowest BCUT2D eigenvalue weighted by Crippen LogP contribution is -2.82. The number of ketones is 1. The number of hydrogen-bond acceptors (Lipinski definition) is 15. The SMILES string of the molecule is CC(=O)O[C@H]1C(=O)[C@@]2(C)[C@H]([C@H](OC(=O)c3ccccc3)[C@]3(O)C[C@H](OC(=O)[C@H](O)[C@@H](NC(=O)OC(C)C)c4ccccc4)C(C)=C1C3(C)C)[C@]1(OC(C)=O)CO[C@@H]1C[C@@H]2O. The van der Waals surface area contributed by atoms with Crippen molar-refractivity contribution in [2.24, 2.45) is 16.7 Å². The third-order valence-corrected chi connectivity index (χ3v) is 12.8. The van der Waals surface area contributed by atoms with Gasteiger partial charge in [0.2, 0.25) is 0 Å². The van der Waals surface area contributed by atoms with Crippen LogP contribution in [-0.2, 0) is 47.6 Å².